The predicted molar refractivity (Wildman–Crippen MR) is 83.0 cm³/mol. The fourth-order valence-corrected chi connectivity index (χ4v) is 2.17. The van der Waals surface area contributed by atoms with Crippen molar-refractivity contribution in [2.24, 2.45) is 0 Å². The van der Waals surface area contributed by atoms with Gasteiger partial charge in [0.2, 0.25) is 0 Å². The molecule has 0 aliphatic carbocycles. The monoisotopic (exact) mass is 358 g/mol. The average molecular weight is 359 g/mol. The second kappa shape index (κ2) is 5.14. The van der Waals surface area contributed by atoms with Crippen LogP contribution in [-0.4, -0.2) is 0 Å². The third kappa shape index (κ3) is 3.04. The Kier molecular flexibility index (Phi) is 3.79. The first kappa shape index (κ1) is 12.5. The van der Waals surface area contributed by atoms with Crippen molar-refractivity contribution in [1.82, 2.24) is 0 Å². The normalized spacial score (nSPS) is 10.3. The molecule has 0 amide bonds. The summed E-state index contributed by atoms with van der Waals surface area (Å²) in [4.78, 5) is 0. The summed E-state index contributed by atoms with van der Waals surface area (Å²) in [6, 6.07) is 11.8. The van der Waals surface area contributed by atoms with Gasteiger partial charge >= 0.3 is 0 Å². The molecule has 3 N–H and O–H groups in total. The molecular formula is C13H12ClIN2. The van der Waals surface area contributed by atoms with Gasteiger partial charge in [0.05, 0.1) is 11.4 Å². The molecular weight excluding hydrogens is 347 g/mol. The van der Waals surface area contributed by atoms with Crippen LogP contribution < -0.4 is 11.1 Å². The number of hydrogen-bond donors (Lipinski definition) is 2. The van der Waals surface area contributed by atoms with Crippen LogP contribution >= 0.6 is 34.2 Å². The molecule has 0 bridgehead atoms. The molecule has 0 fully saturated rings. The number of benzene rings is 2. The molecule has 2 rings (SSSR count). The molecule has 2 nitrogen and oxygen atoms in total. The summed E-state index contributed by atoms with van der Waals surface area (Å²) in [6.07, 6.45) is 0. The van der Waals surface area contributed by atoms with Crippen LogP contribution in [0, 0.1) is 10.5 Å². The third-order valence-electron chi connectivity index (χ3n) is 2.46. The lowest BCUT2D eigenvalue weighted by molar-refractivity contribution is 1.45. The number of hydrogen-bond acceptors (Lipinski definition) is 2. The van der Waals surface area contributed by atoms with Crippen LogP contribution in [0.2, 0.25) is 5.02 Å². The number of nitrogen functional groups attached to an aromatic ring is 1. The van der Waals surface area contributed by atoms with Crippen molar-refractivity contribution in [2.45, 2.75) is 6.92 Å². The van der Waals surface area contributed by atoms with Gasteiger partial charge in [-0.1, -0.05) is 17.7 Å². The fourth-order valence-electron chi connectivity index (χ4n) is 1.47. The minimum atomic E-state index is 0.730. The Morgan fingerprint density at radius 2 is 1.94 bits per heavy atom. The molecule has 0 aliphatic heterocycles. The summed E-state index contributed by atoms with van der Waals surface area (Å²) in [5.41, 5.74) is 9.56. The van der Waals surface area contributed by atoms with E-state index in [1.54, 1.807) is 0 Å². The van der Waals surface area contributed by atoms with Crippen LogP contribution in [0.25, 0.3) is 0 Å². The number of anilines is 3. The van der Waals surface area contributed by atoms with Gasteiger partial charge in [-0.2, -0.15) is 0 Å². The smallest absolute Gasteiger partial charge is 0.0618 e. The van der Waals surface area contributed by atoms with Gasteiger partial charge in [-0.15, -0.1) is 0 Å². The molecule has 2 aromatic rings. The van der Waals surface area contributed by atoms with Crippen LogP contribution in [0.4, 0.5) is 17.1 Å². The van der Waals surface area contributed by atoms with Crippen LogP contribution in [-0.2, 0) is 0 Å². The Morgan fingerprint density at radius 1 is 1.18 bits per heavy atom. The van der Waals surface area contributed by atoms with Gasteiger partial charge in [0.25, 0.3) is 0 Å². The zero-order valence-corrected chi connectivity index (χ0v) is 12.2. The Bertz CT molecular complexity index is 555. The molecule has 4 heteroatoms. The van der Waals surface area contributed by atoms with Gasteiger partial charge < -0.3 is 11.1 Å². The first-order valence-electron chi connectivity index (χ1n) is 5.14. The van der Waals surface area contributed by atoms with Crippen molar-refractivity contribution in [3.63, 3.8) is 0 Å². The van der Waals surface area contributed by atoms with Gasteiger partial charge in [-0.25, -0.2) is 0 Å². The largest absolute Gasteiger partial charge is 0.397 e. The maximum Gasteiger partial charge on any atom is 0.0618 e. The number of halogens is 2. The lowest BCUT2D eigenvalue weighted by Gasteiger charge is -2.10. The molecule has 88 valence electrons. The maximum atomic E-state index is 6.07. The number of nitrogens with two attached hydrogens (primary N) is 1. The van der Waals surface area contributed by atoms with E-state index in [4.69, 9.17) is 17.3 Å². The van der Waals surface area contributed by atoms with E-state index in [0.717, 1.165) is 31.2 Å². The van der Waals surface area contributed by atoms with E-state index in [1.165, 1.54) is 0 Å². The highest BCUT2D eigenvalue weighted by Crippen LogP contribution is 2.27. The Morgan fingerprint density at radius 3 is 2.59 bits per heavy atom. The second-order valence-corrected chi connectivity index (χ2v) is 5.47. The first-order valence-corrected chi connectivity index (χ1v) is 6.60. The minimum Gasteiger partial charge on any atom is -0.397 e. The SMILES string of the molecule is Cc1ccc(Nc2ccc(I)cc2N)cc1Cl. The van der Waals surface area contributed by atoms with Crippen molar-refractivity contribution < 1.29 is 0 Å². The van der Waals surface area contributed by atoms with E-state index in [1.807, 2.05) is 43.3 Å². The summed E-state index contributed by atoms with van der Waals surface area (Å²) >= 11 is 8.31. The zero-order chi connectivity index (χ0) is 12.4. The Labute approximate surface area is 119 Å². The second-order valence-electron chi connectivity index (χ2n) is 3.82. The van der Waals surface area contributed by atoms with Gasteiger partial charge in [-0.05, 0) is 65.4 Å². The fraction of sp³-hybridized carbons (Fsp3) is 0.0769. The molecule has 0 aromatic heterocycles. The minimum absolute atomic E-state index is 0.730. The van der Waals surface area contributed by atoms with E-state index >= 15 is 0 Å². The quantitative estimate of drug-likeness (QED) is 0.609. The molecule has 0 saturated heterocycles. The van der Waals surface area contributed by atoms with Crippen molar-refractivity contribution in [3.8, 4) is 0 Å². The average Bonchev–Trinajstić information content (AvgIpc) is 2.27. The highest BCUT2D eigenvalue weighted by atomic mass is 127. The highest BCUT2D eigenvalue weighted by molar-refractivity contribution is 14.1. The van der Waals surface area contributed by atoms with Crippen molar-refractivity contribution >= 4 is 51.3 Å². The molecule has 2 aromatic carbocycles. The van der Waals surface area contributed by atoms with E-state index in [2.05, 4.69) is 27.9 Å². The Balaban J connectivity index is 2.28. The number of nitrogens with one attached hydrogen (secondary N) is 1. The topological polar surface area (TPSA) is 38.0 Å². The molecule has 0 aliphatic rings. The molecule has 0 heterocycles. The van der Waals surface area contributed by atoms with Crippen molar-refractivity contribution in [1.29, 1.82) is 0 Å². The van der Waals surface area contributed by atoms with Gasteiger partial charge in [0.1, 0.15) is 0 Å². The summed E-state index contributed by atoms with van der Waals surface area (Å²) in [5.74, 6) is 0. The molecule has 0 spiro atoms. The van der Waals surface area contributed by atoms with Crippen molar-refractivity contribution in [2.75, 3.05) is 11.1 Å². The summed E-state index contributed by atoms with van der Waals surface area (Å²) in [6.45, 7) is 1.98. The predicted octanol–water partition coefficient (Wildman–Crippen LogP) is 4.58. The van der Waals surface area contributed by atoms with Crippen LogP contribution in [0.3, 0.4) is 0 Å². The van der Waals surface area contributed by atoms with Crippen LogP contribution in [0.5, 0.6) is 0 Å². The lowest BCUT2D eigenvalue weighted by Crippen LogP contribution is -1.96. The van der Waals surface area contributed by atoms with E-state index in [-0.39, 0.29) is 0 Å². The van der Waals surface area contributed by atoms with Gasteiger partial charge in [-0.3, -0.25) is 0 Å². The standard InChI is InChI=1S/C13H12ClIN2/c1-8-2-4-10(7-11(8)14)17-13-5-3-9(15)6-12(13)16/h2-7,17H,16H2,1H3. The van der Waals surface area contributed by atoms with Gasteiger partial charge in [0.15, 0.2) is 0 Å². The van der Waals surface area contributed by atoms with E-state index < -0.39 is 0 Å². The highest BCUT2D eigenvalue weighted by Gasteiger charge is 2.02. The zero-order valence-electron chi connectivity index (χ0n) is 9.30. The van der Waals surface area contributed by atoms with Gasteiger partial charge in [0, 0.05) is 14.3 Å². The molecule has 0 unspecified atom stereocenters. The lowest BCUT2D eigenvalue weighted by atomic mass is 10.2. The van der Waals surface area contributed by atoms with E-state index in [0.29, 0.717) is 0 Å². The van der Waals surface area contributed by atoms with Crippen molar-refractivity contribution in [3.05, 3.63) is 50.6 Å². The molecule has 0 atom stereocenters. The summed E-state index contributed by atoms with van der Waals surface area (Å²) in [5, 5.41) is 4.00. The molecule has 0 radical (unpaired) electrons. The molecule has 0 saturated carbocycles. The summed E-state index contributed by atoms with van der Waals surface area (Å²) < 4.78 is 1.12. The summed E-state index contributed by atoms with van der Waals surface area (Å²) in [7, 11) is 0. The van der Waals surface area contributed by atoms with E-state index in [9.17, 15) is 0 Å². The van der Waals surface area contributed by atoms with Crippen LogP contribution in [0.15, 0.2) is 36.4 Å². The number of rotatable bonds is 2. The maximum absolute atomic E-state index is 6.07. The number of aryl methyl sites for hydroxylation is 1. The third-order valence-corrected chi connectivity index (χ3v) is 3.54. The van der Waals surface area contributed by atoms with Crippen LogP contribution in [0.1, 0.15) is 5.56 Å². The molecule has 17 heavy (non-hydrogen) atoms. The first-order chi connectivity index (χ1) is 8.06. The Hall–Kier alpha value is -0.940.